The van der Waals surface area contributed by atoms with Crippen molar-refractivity contribution in [1.82, 2.24) is 14.4 Å². The molecule has 0 radical (unpaired) electrons. The number of hydrogen-bond donors (Lipinski definition) is 1. The van der Waals surface area contributed by atoms with Crippen LogP contribution in [0.5, 0.6) is 0 Å². The predicted molar refractivity (Wildman–Crippen MR) is 111 cm³/mol. The molecule has 1 amide bonds. The number of fused-ring (bicyclic) bond motifs is 1. The van der Waals surface area contributed by atoms with Gasteiger partial charge in [0.05, 0.1) is 11.9 Å². The summed E-state index contributed by atoms with van der Waals surface area (Å²) >= 11 is 0. The topological polar surface area (TPSA) is 82.8 Å². The minimum absolute atomic E-state index is 0.0673. The molecule has 8 nitrogen and oxygen atoms in total. The lowest BCUT2D eigenvalue weighted by atomic mass is 10.2. The Labute approximate surface area is 167 Å². The van der Waals surface area contributed by atoms with Crippen LogP contribution in [-0.2, 0) is 4.79 Å². The van der Waals surface area contributed by atoms with Crippen molar-refractivity contribution in [1.29, 1.82) is 0 Å². The molecule has 5 rings (SSSR count). The molecule has 3 aromatic heterocycles. The highest BCUT2D eigenvalue weighted by Gasteiger charge is 2.29. The smallest absolute Gasteiger partial charge is 0.259 e. The molecule has 0 atom stereocenters. The third kappa shape index (κ3) is 3.65. The maximum absolute atomic E-state index is 12.3. The summed E-state index contributed by atoms with van der Waals surface area (Å²) in [7, 11) is 0. The fraction of sp³-hybridized carbons (Fsp3) is 0.333. The lowest BCUT2D eigenvalue weighted by Gasteiger charge is -2.36. The van der Waals surface area contributed by atoms with E-state index < -0.39 is 0 Å². The first kappa shape index (κ1) is 17.7. The number of aromatic nitrogens is 3. The van der Waals surface area contributed by atoms with Gasteiger partial charge in [-0.3, -0.25) is 14.0 Å². The predicted octanol–water partition coefficient (Wildman–Crippen LogP) is 1.76. The van der Waals surface area contributed by atoms with Crippen LogP contribution in [-0.4, -0.2) is 46.5 Å². The monoisotopic (exact) mass is 390 g/mol. The largest absolute Gasteiger partial charge is 0.367 e. The fourth-order valence-electron chi connectivity index (χ4n) is 3.62. The molecule has 0 unspecified atom stereocenters. The Kier molecular flexibility index (Phi) is 4.38. The van der Waals surface area contributed by atoms with Gasteiger partial charge in [0.1, 0.15) is 17.3 Å². The molecule has 4 heterocycles. The van der Waals surface area contributed by atoms with Crippen molar-refractivity contribution in [2.24, 2.45) is 5.92 Å². The van der Waals surface area contributed by atoms with Crippen molar-refractivity contribution in [3.8, 4) is 0 Å². The van der Waals surface area contributed by atoms with Crippen molar-refractivity contribution in [3.05, 3.63) is 59.1 Å². The number of piperazine rings is 1. The Hall–Kier alpha value is -3.42. The molecule has 148 valence electrons. The lowest BCUT2D eigenvalue weighted by molar-refractivity contribution is -0.117. The van der Waals surface area contributed by atoms with E-state index in [1.54, 1.807) is 22.9 Å². The Morgan fingerprint density at radius 2 is 1.83 bits per heavy atom. The van der Waals surface area contributed by atoms with E-state index in [9.17, 15) is 9.59 Å². The minimum Gasteiger partial charge on any atom is -0.367 e. The van der Waals surface area contributed by atoms with Gasteiger partial charge in [-0.15, -0.1) is 0 Å². The van der Waals surface area contributed by atoms with E-state index in [-0.39, 0.29) is 17.4 Å². The molecule has 0 spiro atoms. The Balaban J connectivity index is 1.24. The zero-order valence-electron chi connectivity index (χ0n) is 16.0. The number of rotatable bonds is 4. The van der Waals surface area contributed by atoms with Crippen LogP contribution >= 0.6 is 0 Å². The normalized spacial score (nSPS) is 16.8. The van der Waals surface area contributed by atoms with Gasteiger partial charge in [-0.25, -0.2) is 9.97 Å². The number of amides is 1. The van der Waals surface area contributed by atoms with E-state index >= 15 is 0 Å². The number of hydrogen-bond acceptors (Lipinski definition) is 6. The van der Waals surface area contributed by atoms with E-state index in [4.69, 9.17) is 0 Å². The lowest BCUT2D eigenvalue weighted by Crippen LogP contribution is -2.47. The average molecular weight is 390 g/mol. The summed E-state index contributed by atoms with van der Waals surface area (Å²) in [6, 6.07) is 11.0. The minimum atomic E-state index is -0.0685. The first-order valence-electron chi connectivity index (χ1n) is 9.93. The molecule has 1 N–H and O–H groups in total. The molecule has 1 saturated heterocycles. The zero-order valence-corrected chi connectivity index (χ0v) is 16.0. The van der Waals surface area contributed by atoms with Crippen molar-refractivity contribution >= 4 is 28.9 Å². The molecule has 0 aromatic carbocycles. The second-order valence-electron chi connectivity index (χ2n) is 7.52. The molecular weight excluding hydrogens is 368 g/mol. The third-order valence-corrected chi connectivity index (χ3v) is 5.47. The molecule has 0 bridgehead atoms. The second-order valence-corrected chi connectivity index (χ2v) is 7.52. The van der Waals surface area contributed by atoms with Crippen LogP contribution in [0.15, 0.2) is 53.6 Å². The van der Waals surface area contributed by atoms with Crippen LogP contribution < -0.4 is 20.7 Å². The maximum Gasteiger partial charge on any atom is 0.259 e. The Morgan fingerprint density at radius 3 is 2.55 bits per heavy atom. The molecular formula is C21H22N6O2. The Morgan fingerprint density at radius 1 is 1.03 bits per heavy atom. The third-order valence-electron chi connectivity index (χ3n) is 5.47. The standard InChI is InChI=1S/C21H22N6O2/c28-20-13-19(24-18-3-1-2-8-27(18)20)26-11-9-25(10-12-26)16-6-7-17(22-14-16)23-21(29)15-4-5-15/h1-3,6-8,13-15H,4-5,9-12H2,(H,22,23,29). The summed E-state index contributed by atoms with van der Waals surface area (Å²) in [5.74, 6) is 1.56. The van der Waals surface area contributed by atoms with Crippen molar-refractivity contribution in [2.75, 3.05) is 41.3 Å². The van der Waals surface area contributed by atoms with Gasteiger partial charge in [0.25, 0.3) is 5.56 Å². The van der Waals surface area contributed by atoms with Gasteiger partial charge in [-0.2, -0.15) is 0 Å². The Bertz CT molecular complexity index is 1100. The summed E-state index contributed by atoms with van der Waals surface area (Å²) < 4.78 is 1.55. The summed E-state index contributed by atoms with van der Waals surface area (Å²) in [5.41, 5.74) is 1.62. The van der Waals surface area contributed by atoms with Crippen molar-refractivity contribution < 1.29 is 4.79 Å². The summed E-state index contributed by atoms with van der Waals surface area (Å²) in [6.45, 7) is 3.17. The first-order valence-corrected chi connectivity index (χ1v) is 9.93. The molecule has 3 aromatic rings. The van der Waals surface area contributed by atoms with Gasteiger partial charge in [0.2, 0.25) is 5.91 Å². The van der Waals surface area contributed by atoms with Crippen molar-refractivity contribution in [2.45, 2.75) is 12.8 Å². The van der Waals surface area contributed by atoms with Gasteiger partial charge in [0, 0.05) is 44.4 Å². The van der Waals surface area contributed by atoms with E-state index in [1.165, 1.54) is 0 Å². The molecule has 29 heavy (non-hydrogen) atoms. The van der Waals surface area contributed by atoms with Crippen LogP contribution in [0.3, 0.4) is 0 Å². The molecule has 8 heteroatoms. The summed E-state index contributed by atoms with van der Waals surface area (Å²) in [4.78, 5) is 37.6. The van der Waals surface area contributed by atoms with E-state index in [2.05, 4.69) is 25.1 Å². The first-order chi connectivity index (χ1) is 14.2. The number of pyridine rings is 2. The van der Waals surface area contributed by atoms with Gasteiger partial charge < -0.3 is 15.1 Å². The highest BCUT2D eigenvalue weighted by molar-refractivity contribution is 5.93. The zero-order chi connectivity index (χ0) is 19.8. The number of nitrogens with zero attached hydrogens (tertiary/aromatic N) is 5. The molecule has 2 fully saturated rings. The molecule has 1 aliphatic carbocycles. The average Bonchev–Trinajstić information content (AvgIpc) is 3.60. The van der Waals surface area contributed by atoms with E-state index in [0.717, 1.165) is 50.5 Å². The molecule has 1 aliphatic heterocycles. The highest BCUT2D eigenvalue weighted by atomic mass is 16.2. The quantitative estimate of drug-likeness (QED) is 0.731. The number of carbonyl (C=O) groups is 1. The summed E-state index contributed by atoms with van der Waals surface area (Å²) in [5, 5.41) is 2.87. The van der Waals surface area contributed by atoms with Crippen LogP contribution in [0.2, 0.25) is 0 Å². The molecule has 1 saturated carbocycles. The van der Waals surface area contributed by atoms with Gasteiger partial charge in [-0.1, -0.05) is 6.07 Å². The van der Waals surface area contributed by atoms with Gasteiger partial charge >= 0.3 is 0 Å². The van der Waals surface area contributed by atoms with E-state index in [0.29, 0.717) is 11.5 Å². The number of nitrogens with one attached hydrogen (secondary N) is 1. The second kappa shape index (κ2) is 7.20. The van der Waals surface area contributed by atoms with Crippen molar-refractivity contribution in [3.63, 3.8) is 0 Å². The SMILES string of the molecule is O=C(Nc1ccc(N2CCN(c3cc(=O)n4ccccc4n3)CC2)cn1)C1CC1. The number of anilines is 3. The summed E-state index contributed by atoms with van der Waals surface area (Å²) in [6.07, 6.45) is 5.49. The van der Waals surface area contributed by atoms with E-state index in [1.807, 2.05) is 30.3 Å². The van der Waals surface area contributed by atoms with Crippen LogP contribution in [0, 0.1) is 5.92 Å². The van der Waals surface area contributed by atoms with Crippen LogP contribution in [0.1, 0.15) is 12.8 Å². The van der Waals surface area contributed by atoms with Crippen LogP contribution in [0.25, 0.3) is 5.65 Å². The maximum atomic E-state index is 12.3. The highest BCUT2D eigenvalue weighted by Crippen LogP contribution is 2.30. The fourth-order valence-corrected chi connectivity index (χ4v) is 3.62. The molecule has 2 aliphatic rings. The van der Waals surface area contributed by atoms with Gasteiger partial charge in [0.15, 0.2) is 0 Å². The van der Waals surface area contributed by atoms with Gasteiger partial charge in [-0.05, 0) is 37.1 Å². The number of carbonyl (C=O) groups excluding carboxylic acids is 1. The van der Waals surface area contributed by atoms with Crippen LogP contribution in [0.4, 0.5) is 17.3 Å².